The zero-order chi connectivity index (χ0) is 24.1. The topological polar surface area (TPSA) is 128 Å². The van der Waals surface area contributed by atoms with Crippen molar-refractivity contribution in [1.29, 1.82) is 0 Å². The number of aliphatic hydroxyl groups excluding tert-OH is 1. The number of likely N-dealkylation sites (N-methyl/N-ethyl adjacent to an activating group) is 1. The molecule has 2 aliphatic heterocycles. The Morgan fingerprint density at radius 1 is 1.18 bits per heavy atom. The first-order valence-electron chi connectivity index (χ1n) is 11.2. The van der Waals surface area contributed by atoms with Gasteiger partial charge < -0.3 is 30.3 Å². The van der Waals surface area contributed by atoms with Crippen LogP contribution in [-0.2, 0) is 14.4 Å². The van der Waals surface area contributed by atoms with Gasteiger partial charge in [-0.1, -0.05) is 26.0 Å². The molecule has 4 amide bonds. The number of nitrogens with zero attached hydrogens (tertiary/aromatic N) is 2. The molecule has 1 saturated heterocycles. The minimum Gasteiger partial charge on any atom is -0.491 e. The van der Waals surface area contributed by atoms with Crippen LogP contribution < -0.4 is 15.4 Å². The van der Waals surface area contributed by atoms with E-state index in [-0.39, 0.29) is 50.1 Å². The molecule has 0 unspecified atom stereocenters. The zero-order valence-corrected chi connectivity index (χ0v) is 19.2. The minimum atomic E-state index is -1.14. The fraction of sp³-hybridized carbons (Fsp3) is 0.565. The first kappa shape index (κ1) is 24.5. The van der Waals surface area contributed by atoms with Crippen LogP contribution in [-0.4, -0.2) is 90.0 Å². The third-order valence-corrected chi connectivity index (χ3v) is 5.70. The summed E-state index contributed by atoms with van der Waals surface area (Å²) >= 11 is 0. The Hall–Kier alpha value is -3.14. The lowest BCUT2D eigenvalue weighted by molar-refractivity contribution is -0.145. The van der Waals surface area contributed by atoms with Crippen molar-refractivity contribution in [1.82, 2.24) is 20.4 Å². The summed E-state index contributed by atoms with van der Waals surface area (Å²) in [6.45, 7) is 4.62. The van der Waals surface area contributed by atoms with Crippen LogP contribution in [0.4, 0.5) is 0 Å². The second kappa shape index (κ2) is 10.7. The van der Waals surface area contributed by atoms with Crippen LogP contribution in [0.25, 0.3) is 0 Å². The monoisotopic (exact) mass is 460 g/mol. The predicted octanol–water partition coefficient (Wildman–Crippen LogP) is -0.240. The number of para-hydroxylation sites is 1. The fourth-order valence-corrected chi connectivity index (χ4v) is 3.87. The molecule has 10 heteroatoms. The summed E-state index contributed by atoms with van der Waals surface area (Å²) in [7, 11) is 1.64. The molecule has 2 aliphatic rings. The van der Waals surface area contributed by atoms with Crippen molar-refractivity contribution in [2.45, 2.75) is 44.9 Å². The standard InChI is InChI=1S/C23H32N4O6/c1-14(2)10-17-22(31)26(3)8-9-33-19-7-5-4-6-16(19)21(30)25-18(11-20(29)24-17)23(32)27-12-15(28)13-27/h4-7,14-15,17-18,28H,8-13H2,1-3H3,(H,24,29)(H,25,30)/t17-,18-/m0/s1. The number of nitrogens with one attached hydrogen (secondary N) is 2. The lowest BCUT2D eigenvalue weighted by atomic mass is 10.0. The molecule has 1 aromatic carbocycles. The van der Waals surface area contributed by atoms with Gasteiger partial charge in [0.1, 0.15) is 24.4 Å². The molecule has 2 atom stereocenters. The van der Waals surface area contributed by atoms with Gasteiger partial charge in [-0.2, -0.15) is 0 Å². The molecule has 0 aromatic heterocycles. The quantitative estimate of drug-likeness (QED) is 0.571. The van der Waals surface area contributed by atoms with E-state index in [4.69, 9.17) is 4.74 Å². The normalized spacial score (nSPS) is 23.1. The lowest BCUT2D eigenvalue weighted by Gasteiger charge is -2.38. The van der Waals surface area contributed by atoms with E-state index in [9.17, 15) is 24.3 Å². The average Bonchev–Trinajstić information content (AvgIpc) is 2.74. The van der Waals surface area contributed by atoms with E-state index in [2.05, 4.69) is 10.6 Å². The molecule has 3 N–H and O–H groups in total. The van der Waals surface area contributed by atoms with Gasteiger partial charge in [0.05, 0.1) is 24.6 Å². The maximum Gasteiger partial charge on any atom is 0.255 e. The molecule has 0 radical (unpaired) electrons. The van der Waals surface area contributed by atoms with Gasteiger partial charge in [0.25, 0.3) is 5.91 Å². The number of benzene rings is 1. The number of amides is 4. The average molecular weight is 461 g/mol. The van der Waals surface area contributed by atoms with E-state index < -0.39 is 35.9 Å². The molecule has 2 heterocycles. The minimum absolute atomic E-state index is 0.145. The molecule has 10 nitrogen and oxygen atoms in total. The highest BCUT2D eigenvalue weighted by atomic mass is 16.5. The number of hydrogen-bond acceptors (Lipinski definition) is 6. The largest absolute Gasteiger partial charge is 0.491 e. The molecule has 3 rings (SSSR count). The summed E-state index contributed by atoms with van der Waals surface area (Å²) in [5, 5.41) is 15.0. The molecule has 1 fully saturated rings. The first-order chi connectivity index (χ1) is 15.7. The maximum absolute atomic E-state index is 13.0. The Labute approximate surface area is 193 Å². The first-order valence-corrected chi connectivity index (χ1v) is 11.2. The summed E-state index contributed by atoms with van der Waals surface area (Å²) in [5.41, 5.74) is 0.225. The van der Waals surface area contributed by atoms with Gasteiger partial charge in [0.2, 0.25) is 17.7 Å². The van der Waals surface area contributed by atoms with Crippen LogP contribution in [0.2, 0.25) is 0 Å². The van der Waals surface area contributed by atoms with Gasteiger partial charge >= 0.3 is 0 Å². The van der Waals surface area contributed by atoms with Crippen LogP contribution in [0.3, 0.4) is 0 Å². The van der Waals surface area contributed by atoms with E-state index in [1.807, 2.05) is 13.8 Å². The second-order valence-electron chi connectivity index (χ2n) is 8.98. The van der Waals surface area contributed by atoms with Crippen molar-refractivity contribution in [3.05, 3.63) is 29.8 Å². The van der Waals surface area contributed by atoms with E-state index >= 15 is 0 Å². The summed E-state index contributed by atoms with van der Waals surface area (Å²) in [6.07, 6.45) is -0.511. The number of hydrogen-bond donors (Lipinski definition) is 3. The van der Waals surface area contributed by atoms with Gasteiger partial charge in [0, 0.05) is 20.1 Å². The van der Waals surface area contributed by atoms with Crippen LogP contribution in [0.1, 0.15) is 37.0 Å². The smallest absolute Gasteiger partial charge is 0.255 e. The van der Waals surface area contributed by atoms with Crippen LogP contribution in [0, 0.1) is 5.92 Å². The predicted molar refractivity (Wildman–Crippen MR) is 119 cm³/mol. The summed E-state index contributed by atoms with van der Waals surface area (Å²) in [6, 6.07) is 4.70. The van der Waals surface area contributed by atoms with Gasteiger partial charge in [-0.3, -0.25) is 19.2 Å². The van der Waals surface area contributed by atoms with Crippen molar-refractivity contribution < 1.29 is 29.0 Å². The highest BCUT2D eigenvalue weighted by molar-refractivity contribution is 6.01. The molecule has 0 spiro atoms. The maximum atomic E-state index is 13.0. The Bertz CT molecular complexity index is 899. The molecule has 0 bridgehead atoms. The lowest BCUT2D eigenvalue weighted by Crippen LogP contribution is -2.60. The molecule has 33 heavy (non-hydrogen) atoms. The number of aliphatic hydroxyl groups is 1. The van der Waals surface area contributed by atoms with Crippen LogP contribution in [0.15, 0.2) is 24.3 Å². The van der Waals surface area contributed by atoms with Gasteiger partial charge in [-0.05, 0) is 24.5 Å². The number of likely N-dealkylation sites (tertiary alicyclic amines) is 1. The van der Waals surface area contributed by atoms with Crippen molar-refractivity contribution >= 4 is 23.6 Å². The fourth-order valence-electron chi connectivity index (χ4n) is 3.87. The number of ether oxygens (including phenoxy) is 1. The van der Waals surface area contributed by atoms with E-state index in [0.717, 1.165) is 0 Å². The molecular weight excluding hydrogens is 428 g/mol. The number of carbonyl (C=O) groups excluding carboxylic acids is 4. The summed E-state index contributed by atoms with van der Waals surface area (Å²) < 4.78 is 5.78. The third-order valence-electron chi connectivity index (χ3n) is 5.70. The SMILES string of the molecule is CC(C)C[C@@H]1NC(=O)C[C@@H](C(=O)N2CC(O)C2)NC(=O)c2ccccc2OCCN(C)C1=O. The number of β-amino-alcohol motifs (C(OH)–C–C–N with tert-alkyl or cyclic N) is 1. The van der Waals surface area contributed by atoms with Crippen LogP contribution in [0.5, 0.6) is 5.75 Å². The molecule has 0 saturated carbocycles. The second-order valence-corrected chi connectivity index (χ2v) is 8.98. The van der Waals surface area contributed by atoms with E-state index in [1.165, 1.54) is 9.80 Å². The van der Waals surface area contributed by atoms with Crippen molar-refractivity contribution in [3.8, 4) is 5.75 Å². The van der Waals surface area contributed by atoms with Crippen molar-refractivity contribution in [3.63, 3.8) is 0 Å². The van der Waals surface area contributed by atoms with Crippen molar-refractivity contribution in [2.75, 3.05) is 33.3 Å². The van der Waals surface area contributed by atoms with Crippen LogP contribution >= 0.6 is 0 Å². The number of rotatable bonds is 3. The number of carbonyl (C=O) groups is 4. The Morgan fingerprint density at radius 3 is 2.55 bits per heavy atom. The third kappa shape index (κ3) is 6.22. The van der Waals surface area contributed by atoms with Gasteiger partial charge in [-0.25, -0.2) is 0 Å². The van der Waals surface area contributed by atoms with E-state index in [0.29, 0.717) is 12.2 Å². The van der Waals surface area contributed by atoms with Gasteiger partial charge in [-0.15, -0.1) is 0 Å². The summed E-state index contributed by atoms with van der Waals surface area (Å²) in [5.74, 6) is -1.29. The number of fused-ring (bicyclic) bond motifs is 1. The Morgan fingerprint density at radius 2 is 1.88 bits per heavy atom. The molecule has 180 valence electrons. The summed E-state index contributed by atoms with van der Waals surface area (Å²) in [4.78, 5) is 54.7. The molecule has 0 aliphatic carbocycles. The van der Waals surface area contributed by atoms with Gasteiger partial charge in [0.15, 0.2) is 0 Å². The van der Waals surface area contributed by atoms with E-state index in [1.54, 1.807) is 31.3 Å². The highest BCUT2D eigenvalue weighted by Crippen LogP contribution is 2.19. The Balaban J connectivity index is 1.89. The zero-order valence-electron chi connectivity index (χ0n) is 19.2. The van der Waals surface area contributed by atoms with Crippen molar-refractivity contribution in [2.24, 2.45) is 5.92 Å². The highest BCUT2D eigenvalue weighted by Gasteiger charge is 2.36. The molecule has 1 aromatic rings. The molecular formula is C23H32N4O6. The Kier molecular flexibility index (Phi) is 7.91.